The van der Waals surface area contributed by atoms with Crippen LogP contribution in [-0.4, -0.2) is 34.7 Å². The summed E-state index contributed by atoms with van der Waals surface area (Å²) in [6.45, 7) is 2.86. The lowest BCUT2D eigenvalue weighted by Crippen LogP contribution is -2.20. The van der Waals surface area contributed by atoms with Crippen LogP contribution in [0.3, 0.4) is 0 Å². The molecule has 0 spiro atoms. The molecule has 4 rings (SSSR count). The van der Waals surface area contributed by atoms with Crippen LogP contribution in [0.1, 0.15) is 21.7 Å². The van der Waals surface area contributed by atoms with Crippen molar-refractivity contribution in [3.8, 4) is 11.5 Å². The number of hydrogen-bond donors (Lipinski definition) is 1. The molecule has 132 valence electrons. The lowest BCUT2D eigenvalue weighted by atomic mass is 10.2. The average Bonchev–Trinajstić information content (AvgIpc) is 2.96. The van der Waals surface area contributed by atoms with Gasteiger partial charge in [0.2, 0.25) is 0 Å². The van der Waals surface area contributed by atoms with Crippen molar-refractivity contribution >= 4 is 33.7 Å². The topological polar surface area (TPSA) is 77.2 Å². The van der Waals surface area contributed by atoms with E-state index in [0.717, 1.165) is 10.0 Å². The van der Waals surface area contributed by atoms with E-state index in [0.29, 0.717) is 41.7 Å². The van der Waals surface area contributed by atoms with E-state index in [2.05, 4.69) is 31.4 Å². The lowest BCUT2D eigenvalue weighted by Gasteiger charge is -2.18. The summed E-state index contributed by atoms with van der Waals surface area (Å²) in [5.41, 5.74) is 5.13. The summed E-state index contributed by atoms with van der Waals surface area (Å²) >= 11 is 3.41. The Kier molecular flexibility index (Phi) is 4.34. The summed E-state index contributed by atoms with van der Waals surface area (Å²) in [7, 11) is 0. The number of aromatic nitrogens is 2. The molecule has 0 aliphatic carbocycles. The minimum Gasteiger partial charge on any atom is -0.486 e. The molecule has 2 aromatic heterocycles. The molecule has 1 N–H and O–H groups in total. The fourth-order valence-corrected chi connectivity index (χ4v) is 3.11. The van der Waals surface area contributed by atoms with E-state index in [9.17, 15) is 4.79 Å². The molecule has 0 saturated carbocycles. The first-order valence-electron chi connectivity index (χ1n) is 7.99. The van der Waals surface area contributed by atoms with Crippen molar-refractivity contribution in [2.45, 2.75) is 6.92 Å². The molecule has 0 fully saturated rings. The maximum atomic E-state index is 12.5. The maximum Gasteiger partial charge on any atom is 0.290 e. The van der Waals surface area contributed by atoms with Gasteiger partial charge in [-0.2, -0.15) is 5.10 Å². The number of hydrogen-bond acceptors (Lipinski definition) is 5. The largest absolute Gasteiger partial charge is 0.486 e. The third kappa shape index (κ3) is 3.15. The summed E-state index contributed by atoms with van der Waals surface area (Å²) < 4.78 is 13.6. The van der Waals surface area contributed by atoms with Crippen molar-refractivity contribution in [1.29, 1.82) is 0 Å². The molecule has 0 unspecified atom stereocenters. The normalized spacial score (nSPS) is 13.3. The Hall–Kier alpha value is -2.87. The third-order valence-electron chi connectivity index (χ3n) is 3.92. The van der Waals surface area contributed by atoms with E-state index >= 15 is 0 Å². The minimum absolute atomic E-state index is 0.332. The minimum atomic E-state index is -0.332. The van der Waals surface area contributed by atoms with Gasteiger partial charge in [-0.1, -0.05) is 0 Å². The zero-order valence-electron chi connectivity index (χ0n) is 13.9. The number of nitrogens with zero attached hydrogens (tertiary/aromatic N) is 3. The van der Waals surface area contributed by atoms with E-state index in [4.69, 9.17) is 9.47 Å². The molecule has 1 aliphatic heterocycles. The number of carbonyl (C=O) groups excluding carboxylic acids is 1. The van der Waals surface area contributed by atoms with Gasteiger partial charge in [-0.15, -0.1) is 0 Å². The molecule has 8 heteroatoms. The van der Waals surface area contributed by atoms with Crippen molar-refractivity contribution in [3.63, 3.8) is 0 Å². The van der Waals surface area contributed by atoms with Gasteiger partial charge in [0, 0.05) is 10.7 Å². The number of nitrogens with one attached hydrogen (secondary N) is 1. The number of amides is 1. The molecular weight excluding hydrogens is 400 g/mol. The van der Waals surface area contributed by atoms with Crippen molar-refractivity contribution in [3.05, 3.63) is 58.0 Å². The van der Waals surface area contributed by atoms with E-state index in [-0.39, 0.29) is 5.91 Å². The number of benzene rings is 1. The average molecular weight is 415 g/mol. The zero-order valence-corrected chi connectivity index (χ0v) is 15.5. The SMILES string of the molecule is Cc1nc2ccc(Br)cn2c1C(=O)N/N=C\c1ccc2c(c1)OCCO2. The van der Waals surface area contributed by atoms with Gasteiger partial charge >= 0.3 is 0 Å². The number of aryl methyl sites for hydroxylation is 1. The van der Waals surface area contributed by atoms with Crippen LogP contribution in [0.5, 0.6) is 11.5 Å². The van der Waals surface area contributed by atoms with Crippen LogP contribution in [0, 0.1) is 6.92 Å². The highest BCUT2D eigenvalue weighted by molar-refractivity contribution is 9.10. The van der Waals surface area contributed by atoms with Gasteiger partial charge in [-0.25, -0.2) is 10.4 Å². The second-order valence-corrected chi connectivity index (χ2v) is 6.64. The van der Waals surface area contributed by atoms with Crippen molar-refractivity contribution in [2.75, 3.05) is 13.2 Å². The Labute approximate surface area is 157 Å². The van der Waals surface area contributed by atoms with Crippen molar-refractivity contribution < 1.29 is 14.3 Å². The second kappa shape index (κ2) is 6.80. The predicted octanol–water partition coefficient (Wildman–Crippen LogP) is 2.94. The van der Waals surface area contributed by atoms with Gasteiger partial charge in [0.25, 0.3) is 5.91 Å². The molecule has 26 heavy (non-hydrogen) atoms. The Bertz CT molecular complexity index is 1030. The molecule has 1 aromatic carbocycles. The number of fused-ring (bicyclic) bond motifs is 2. The first kappa shape index (κ1) is 16.6. The standard InChI is InChI=1S/C18H15BrN4O3/c1-11-17(23-10-13(19)3-5-16(23)21-11)18(24)22-20-9-12-2-4-14-15(8-12)26-7-6-25-14/h2-5,8-10H,6-7H2,1H3,(H,22,24)/b20-9-. The number of halogens is 1. The number of imidazole rings is 1. The third-order valence-corrected chi connectivity index (χ3v) is 4.39. The van der Waals surface area contributed by atoms with Gasteiger partial charge in [0.05, 0.1) is 11.9 Å². The van der Waals surface area contributed by atoms with Gasteiger partial charge in [0.15, 0.2) is 11.5 Å². The number of carbonyl (C=O) groups is 1. The van der Waals surface area contributed by atoms with Crippen LogP contribution in [0.15, 0.2) is 46.1 Å². The highest BCUT2D eigenvalue weighted by atomic mass is 79.9. The monoisotopic (exact) mass is 414 g/mol. The Morgan fingerprint density at radius 2 is 2.08 bits per heavy atom. The van der Waals surface area contributed by atoms with E-state index in [1.807, 2.05) is 30.3 Å². The van der Waals surface area contributed by atoms with E-state index in [1.54, 1.807) is 23.7 Å². The summed E-state index contributed by atoms with van der Waals surface area (Å²) in [5.74, 6) is 1.06. The number of hydrazone groups is 1. The van der Waals surface area contributed by atoms with Crippen LogP contribution in [0.4, 0.5) is 0 Å². The van der Waals surface area contributed by atoms with Gasteiger partial charge in [0.1, 0.15) is 24.6 Å². The highest BCUT2D eigenvalue weighted by Crippen LogP contribution is 2.30. The van der Waals surface area contributed by atoms with Gasteiger partial charge in [-0.05, 0) is 58.7 Å². The summed E-state index contributed by atoms with van der Waals surface area (Å²) in [5, 5.41) is 4.04. The summed E-state index contributed by atoms with van der Waals surface area (Å²) in [4.78, 5) is 16.9. The number of rotatable bonds is 3. The maximum absolute atomic E-state index is 12.5. The van der Waals surface area contributed by atoms with Crippen LogP contribution in [0.25, 0.3) is 5.65 Å². The van der Waals surface area contributed by atoms with Crippen LogP contribution >= 0.6 is 15.9 Å². The first-order valence-corrected chi connectivity index (χ1v) is 8.78. The molecule has 0 atom stereocenters. The fourth-order valence-electron chi connectivity index (χ4n) is 2.77. The van der Waals surface area contributed by atoms with E-state index in [1.165, 1.54) is 0 Å². The molecule has 0 radical (unpaired) electrons. The smallest absolute Gasteiger partial charge is 0.290 e. The number of ether oxygens (including phenoxy) is 2. The molecule has 0 bridgehead atoms. The van der Waals surface area contributed by atoms with Crippen LogP contribution in [-0.2, 0) is 0 Å². The Morgan fingerprint density at radius 1 is 1.27 bits per heavy atom. The van der Waals surface area contributed by atoms with Gasteiger partial charge < -0.3 is 9.47 Å². The van der Waals surface area contributed by atoms with Crippen LogP contribution < -0.4 is 14.9 Å². The molecule has 0 saturated heterocycles. The first-order chi connectivity index (χ1) is 12.6. The molecule has 7 nitrogen and oxygen atoms in total. The number of pyridine rings is 1. The zero-order chi connectivity index (χ0) is 18.1. The quantitative estimate of drug-likeness (QED) is 0.527. The second-order valence-electron chi connectivity index (χ2n) is 5.72. The molecule has 1 aliphatic rings. The molecule has 3 aromatic rings. The van der Waals surface area contributed by atoms with Crippen molar-refractivity contribution in [2.24, 2.45) is 5.10 Å². The molecular formula is C18H15BrN4O3. The Morgan fingerprint density at radius 3 is 2.92 bits per heavy atom. The van der Waals surface area contributed by atoms with Crippen molar-refractivity contribution in [1.82, 2.24) is 14.8 Å². The lowest BCUT2D eigenvalue weighted by molar-refractivity contribution is 0.0948. The molecule has 3 heterocycles. The molecule has 1 amide bonds. The van der Waals surface area contributed by atoms with E-state index < -0.39 is 0 Å². The predicted molar refractivity (Wildman–Crippen MR) is 100 cm³/mol. The fraction of sp³-hybridized carbons (Fsp3) is 0.167. The highest BCUT2D eigenvalue weighted by Gasteiger charge is 2.16. The summed E-state index contributed by atoms with van der Waals surface area (Å²) in [6, 6.07) is 9.21. The van der Waals surface area contributed by atoms with Gasteiger partial charge in [-0.3, -0.25) is 9.20 Å². The summed E-state index contributed by atoms with van der Waals surface area (Å²) in [6.07, 6.45) is 3.36. The van der Waals surface area contributed by atoms with Crippen LogP contribution in [0.2, 0.25) is 0 Å². The Balaban J connectivity index is 1.53.